The third-order valence-corrected chi connectivity index (χ3v) is 5.23. The van der Waals surface area contributed by atoms with Gasteiger partial charge in [-0.3, -0.25) is 4.72 Å². The predicted molar refractivity (Wildman–Crippen MR) is 79.0 cm³/mol. The van der Waals surface area contributed by atoms with Crippen LogP contribution in [0.25, 0.3) is 0 Å². The fourth-order valence-corrected chi connectivity index (χ4v) is 4.12. The number of sulfonamides is 1. The van der Waals surface area contributed by atoms with E-state index in [0.29, 0.717) is 10.5 Å². The smallest absolute Gasteiger partial charge is 0.266 e. The molecule has 3 nitrogen and oxygen atoms in total. The summed E-state index contributed by atoms with van der Waals surface area (Å²) in [6, 6.07) is 4.87. The molecule has 2 aromatic rings. The van der Waals surface area contributed by atoms with Crippen LogP contribution in [0.4, 0.5) is 18.9 Å². The van der Waals surface area contributed by atoms with Gasteiger partial charge in [0, 0.05) is 15.0 Å². The number of anilines is 1. The minimum absolute atomic E-state index is 0.301. The van der Waals surface area contributed by atoms with Crippen molar-refractivity contribution in [2.75, 3.05) is 4.72 Å². The van der Waals surface area contributed by atoms with E-state index >= 15 is 0 Å². The van der Waals surface area contributed by atoms with Gasteiger partial charge in [0.25, 0.3) is 10.0 Å². The molecule has 0 aromatic heterocycles. The fourth-order valence-electron chi connectivity index (χ4n) is 1.55. The molecule has 0 saturated heterocycles. The van der Waals surface area contributed by atoms with Crippen molar-refractivity contribution >= 4 is 47.6 Å². The molecule has 0 heterocycles. The van der Waals surface area contributed by atoms with E-state index in [-0.39, 0.29) is 10.2 Å². The summed E-state index contributed by atoms with van der Waals surface area (Å²) in [5.74, 6) is -3.06. The topological polar surface area (TPSA) is 46.2 Å². The lowest BCUT2D eigenvalue weighted by Crippen LogP contribution is -2.16. The Kier molecular flexibility index (Phi) is 4.64. The van der Waals surface area contributed by atoms with Crippen molar-refractivity contribution in [3.8, 4) is 0 Å². The second-order valence-electron chi connectivity index (χ2n) is 3.93. The Morgan fingerprint density at radius 1 is 0.952 bits per heavy atom. The van der Waals surface area contributed by atoms with E-state index in [9.17, 15) is 21.6 Å². The summed E-state index contributed by atoms with van der Waals surface area (Å²) >= 11 is 5.80. The molecule has 0 spiro atoms. The summed E-state index contributed by atoms with van der Waals surface area (Å²) < 4.78 is 66.6. The number of nitrogens with one attached hydrogen (secondary N) is 1. The minimum Gasteiger partial charge on any atom is -0.277 e. The molecule has 0 aliphatic carbocycles. The summed E-state index contributed by atoms with van der Waals surface area (Å²) in [6.07, 6.45) is 0. The van der Waals surface area contributed by atoms with Gasteiger partial charge in [-0.2, -0.15) is 0 Å². The van der Waals surface area contributed by atoms with Crippen molar-refractivity contribution in [2.45, 2.75) is 4.90 Å². The van der Waals surface area contributed by atoms with Crippen LogP contribution in [0, 0.1) is 17.5 Å². The number of benzene rings is 2. The normalized spacial score (nSPS) is 11.5. The van der Waals surface area contributed by atoms with Crippen LogP contribution < -0.4 is 4.72 Å². The number of halogens is 5. The predicted octanol–water partition coefficient (Wildman–Crippen LogP) is 4.43. The Morgan fingerprint density at radius 2 is 1.62 bits per heavy atom. The van der Waals surface area contributed by atoms with Crippen molar-refractivity contribution in [2.24, 2.45) is 0 Å². The SMILES string of the molecule is O=S(=O)(Nc1ccc(Br)cc1F)c1c(F)cc(F)cc1Br. The van der Waals surface area contributed by atoms with Crippen LogP contribution in [-0.2, 0) is 10.0 Å². The molecule has 0 amide bonds. The number of hydrogen-bond acceptors (Lipinski definition) is 2. The van der Waals surface area contributed by atoms with Crippen molar-refractivity contribution in [3.05, 3.63) is 56.7 Å². The van der Waals surface area contributed by atoms with Crippen LogP contribution in [-0.4, -0.2) is 8.42 Å². The maximum absolute atomic E-state index is 13.7. The first kappa shape index (κ1) is 16.3. The zero-order chi connectivity index (χ0) is 15.8. The quantitative estimate of drug-likeness (QED) is 0.761. The second kappa shape index (κ2) is 5.98. The summed E-state index contributed by atoms with van der Waals surface area (Å²) in [5, 5.41) is 0. The molecule has 112 valence electrons. The Hall–Kier alpha value is -1.06. The average Bonchev–Trinajstić information content (AvgIpc) is 2.30. The van der Waals surface area contributed by atoms with Gasteiger partial charge in [0.05, 0.1) is 5.69 Å². The number of hydrogen-bond donors (Lipinski definition) is 1. The van der Waals surface area contributed by atoms with E-state index in [2.05, 4.69) is 31.9 Å². The fraction of sp³-hybridized carbons (Fsp3) is 0. The van der Waals surface area contributed by atoms with Gasteiger partial charge in [-0.05, 0) is 40.2 Å². The molecule has 0 aliphatic rings. The lowest BCUT2D eigenvalue weighted by molar-refractivity contribution is 0.548. The molecular formula is C12H6Br2F3NO2S. The van der Waals surface area contributed by atoms with Gasteiger partial charge in [-0.15, -0.1) is 0 Å². The molecule has 0 radical (unpaired) electrons. The largest absolute Gasteiger partial charge is 0.277 e. The van der Waals surface area contributed by atoms with Crippen LogP contribution >= 0.6 is 31.9 Å². The molecule has 2 aromatic carbocycles. The highest BCUT2D eigenvalue weighted by Gasteiger charge is 2.24. The van der Waals surface area contributed by atoms with E-state index in [4.69, 9.17) is 0 Å². The molecule has 0 fully saturated rings. The first-order valence-electron chi connectivity index (χ1n) is 5.33. The van der Waals surface area contributed by atoms with E-state index < -0.39 is 32.4 Å². The summed E-state index contributed by atoms with van der Waals surface area (Å²) in [5.41, 5.74) is -0.353. The zero-order valence-corrected chi connectivity index (χ0v) is 14.0. The maximum atomic E-state index is 13.7. The lowest BCUT2D eigenvalue weighted by atomic mass is 10.3. The van der Waals surface area contributed by atoms with Gasteiger partial charge in [-0.25, -0.2) is 21.6 Å². The monoisotopic (exact) mass is 443 g/mol. The third-order valence-electron chi connectivity index (χ3n) is 2.41. The molecule has 1 N–H and O–H groups in total. The first-order chi connectivity index (χ1) is 9.70. The van der Waals surface area contributed by atoms with E-state index in [1.165, 1.54) is 12.1 Å². The average molecular weight is 445 g/mol. The molecule has 0 saturated carbocycles. The van der Waals surface area contributed by atoms with Crippen molar-refractivity contribution in [1.29, 1.82) is 0 Å². The molecule has 21 heavy (non-hydrogen) atoms. The molecule has 0 atom stereocenters. The van der Waals surface area contributed by atoms with Gasteiger partial charge in [-0.1, -0.05) is 15.9 Å². The minimum atomic E-state index is -4.42. The Labute approximate surface area is 135 Å². The van der Waals surface area contributed by atoms with Gasteiger partial charge in [0.15, 0.2) is 0 Å². The molecular weight excluding hydrogens is 439 g/mol. The lowest BCUT2D eigenvalue weighted by Gasteiger charge is -2.11. The van der Waals surface area contributed by atoms with Crippen molar-refractivity contribution < 1.29 is 21.6 Å². The standard InChI is InChI=1S/C12H6Br2F3NO2S/c13-6-1-2-11(9(16)3-6)18-21(19,20)12-8(14)4-7(15)5-10(12)17/h1-5,18H. The van der Waals surface area contributed by atoms with Crippen molar-refractivity contribution in [1.82, 2.24) is 0 Å². The summed E-state index contributed by atoms with van der Waals surface area (Å²) in [7, 11) is -4.42. The summed E-state index contributed by atoms with van der Waals surface area (Å²) in [4.78, 5) is -0.800. The van der Waals surface area contributed by atoms with Crippen LogP contribution in [0.3, 0.4) is 0 Å². The highest BCUT2D eigenvalue weighted by Crippen LogP contribution is 2.29. The molecule has 9 heteroatoms. The molecule has 0 bridgehead atoms. The van der Waals surface area contributed by atoms with Gasteiger partial charge in [0.2, 0.25) is 0 Å². The highest BCUT2D eigenvalue weighted by atomic mass is 79.9. The van der Waals surface area contributed by atoms with Gasteiger partial charge >= 0.3 is 0 Å². The van der Waals surface area contributed by atoms with Crippen LogP contribution in [0.2, 0.25) is 0 Å². The van der Waals surface area contributed by atoms with E-state index in [1.807, 2.05) is 4.72 Å². The Bertz CT molecular complexity index is 789. The Balaban J connectivity index is 2.48. The van der Waals surface area contributed by atoms with E-state index in [1.54, 1.807) is 0 Å². The highest BCUT2D eigenvalue weighted by molar-refractivity contribution is 9.10. The summed E-state index contributed by atoms with van der Waals surface area (Å²) in [6.45, 7) is 0. The molecule has 0 unspecified atom stereocenters. The first-order valence-corrected chi connectivity index (χ1v) is 8.40. The van der Waals surface area contributed by atoms with Gasteiger partial charge in [0.1, 0.15) is 22.3 Å². The maximum Gasteiger partial charge on any atom is 0.266 e. The van der Waals surface area contributed by atoms with Crippen LogP contribution in [0.15, 0.2) is 44.2 Å². The van der Waals surface area contributed by atoms with Crippen LogP contribution in [0.1, 0.15) is 0 Å². The molecule has 2 rings (SSSR count). The third kappa shape index (κ3) is 3.58. The zero-order valence-electron chi connectivity index (χ0n) is 10.0. The van der Waals surface area contributed by atoms with Crippen LogP contribution in [0.5, 0.6) is 0 Å². The van der Waals surface area contributed by atoms with Gasteiger partial charge < -0.3 is 0 Å². The number of rotatable bonds is 3. The second-order valence-corrected chi connectivity index (χ2v) is 7.32. The van der Waals surface area contributed by atoms with E-state index in [0.717, 1.165) is 12.1 Å². The Morgan fingerprint density at radius 3 is 2.19 bits per heavy atom. The van der Waals surface area contributed by atoms with Crippen molar-refractivity contribution in [3.63, 3.8) is 0 Å². The molecule has 0 aliphatic heterocycles.